The van der Waals surface area contributed by atoms with E-state index < -0.39 is 18.0 Å². The van der Waals surface area contributed by atoms with Crippen molar-refractivity contribution >= 4 is 23.1 Å². The monoisotopic (exact) mass is 431 g/mol. The van der Waals surface area contributed by atoms with E-state index in [1.807, 2.05) is 6.07 Å². The minimum atomic E-state index is -2.77. The molecule has 0 aromatic carbocycles. The Hall–Kier alpha value is -3.08. The first kappa shape index (κ1) is 19.9. The van der Waals surface area contributed by atoms with Crippen LogP contribution in [0.2, 0.25) is 0 Å². The molecule has 9 nitrogen and oxygen atoms in total. The van der Waals surface area contributed by atoms with Gasteiger partial charge < -0.3 is 15.0 Å². The molecule has 2 saturated heterocycles. The highest BCUT2D eigenvalue weighted by atomic mass is 19.3. The molecule has 2 fully saturated rings. The molecule has 5 heterocycles. The number of aromatic amines is 1. The van der Waals surface area contributed by atoms with Crippen LogP contribution in [0, 0.1) is 11.8 Å². The highest BCUT2D eigenvalue weighted by Crippen LogP contribution is 2.30. The molecule has 0 saturated carbocycles. The van der Waals surface area contributed by atoms with Crippen molar-refractivity contribution in [2.45, 2.75) is 25.7 Å². The number of amides is 1. The van der Waals surface area contributed by atoms with Crippen molar-refractivity contribution in [1.29, 1.82) is 0 Å². The number of carbonyl (C=O) groups is 1. The maximum absolute atomic E-state index is 13.0. The van der Waals surface area contributed by atoms with Crippen LogP contribution in [0.4, 0.5) is 20.3 Å². The third kappa shape index (κ3) is 3.97. The summed E-state index contributed by atoms with van der Waals surface area (Å²) in [5, 5.41) is 12.4. The summed E-state index contributed by atoms with van der Waals surface area (Å²) >= 11 is 0. The number of aromatic nitrogens is 5. The lowest BCUT2D eigenvalue weighted by Gasteiger charge is -2.36. The standard InChI is InChI=1S/C20H23F2N7O2/c21-18(22)17-15(9-23-27-17)25-20(30)14-8-24-29-6-3-16(26-19(14)29)28-4-1-12(2-5-28)7-13-10-31-11-13/h3,6,8-9,12-13,18H,1-2,4-5,7,10-11H2,(H,23,27)(H,25,30). The lowest BCUT2D eigenvalue weighted by atomic mass is 9.86. The number of alkyl halides is 2. The summed E-state index contributed by atoms with van der Waals surface area (Å²) in [7, 11) is 0. The van der Waals surface area contributed by atoms with Crippen LogP contribution in [0.1, 0.15) is 41.7 Å². The normalized spacial score (nSPS) is 18.0. The number of rotatable bonds is 6. The minimum Gasteiger partial charge on any atom is -0.381 e. The van der Waals surface area contributed by atoms with Crippen LogP contribution >= 0.6 is 0 Å². The zero-order chi connectivity index (χ0) is 21.4. The van der Waals surface area contributed by atoms with Crippen LogP contribution in [0.3, 0.4) is 0 Å². The van der Waals surface area contributed by atoms with E-state index in [-0.39, 0.29) is 11.3 Å². The number of nitrogens with zero attached hydrogens (tertiary/aromatic N) is 5. The first-order valence-corrected chi connectivity index (χ1v) is 10.4. The Morgan fingerprint density at radius 3 is 2.77 bits per heavy atom. The smallest absolute Gasteiger partial charge is 0.281 e. The van der Waals surface area contributed by atoms with Gasteiger partial charge in [0, 0.05) is 25.2 Å². The fourth-order valence-corrected chi connectivity index (χ4v) is 4.24. The van der Waals surface area contributed by atoms with Crippen LogP contribution in [0.5, 0.6) is 0 Å². The highest BCUT2D eigenvalue weighted by Gasteiger charge is 2.27. The predicted molar refractivity (Wildman–Crippen MR) is 108 cm³/mol. The summed E-state index contributed by atoms with van der Waals surface area (Å²) in [6.07, 6.45) is 4.96. The second kappa shape index (κ2) is 8.22. The molecule has 31 heavy (non-hydrogen) atoms. The average Bonchev–Trinajstić information content (AvgIpc) is 3.37. The molecule has 2 aliphatic rings. The molecular formula is C20H23F2N7O2. The number of ether oxygens (including phenoxy) is 1. The van der Waals surface area contributed by atoms with E-state index in [1.54, 1.807) is 6.20 Å². The third-order valence-corrected chi connectivity index (χ3v) is 6.05. The van der Waals surface area contributed by atoms with Gasteiger partial charge in [0.05, 0.1) is 31.3 Å². The summed E-state index contributed by atoms with van der Waals surface area (Å²) in [6.45, 7) is 3.60. The summed E-state index contributed by atoms with van der Waals surface area (Å²) in [5.41, 5.74) is 0.0956. The van der Waals surface area contributed by atoms with Crippen LogP contribution in [-0.4, -0.2) is 57.0 Å². The molecular weight excluding hydrogens is 408 g/mol. The maximum Gasteiger partial charge on any atom is 0.281 e. The number of fused-ring (bicyclic) bond motifs is 1. The second-order valence-electron chi connectivity index (χ2n) is 8.13. The minimum absolute atomic E-state index is 0.0607. The van der Waals surface area contributed by atoms with Gasteiger partial charge in [-0.2, -0.15) is 10.2 Å². The molecule has 0 spiro atoms. The number of carbonyl (C=O) groups excluding carboxylic acids is 1. The van der Waals surface area contributed by atoms with Crippen LogP contribution in [0.25, 0.3) is 5.65 Å². The molecule has 164 valence electrons. The van der Waals surface area contributed by atoms with Gasteiger partial charge in [-0.3, -0.25) is 9.89 Å². The largest absolute Gasteiger partial charge is 0.381 e. The van der Waals surface area contributed by atoms with E-state index in [1.165, 1.54) is 17.1 Å². The number of halogens is 2. The average molecular weight is 431 g/mol. The number of hydrogen-bond donors (Lipinski definition) is 2. The van der Waals surface area contributed by atoms with Gasteiger partial charge in [0.15, 0.2) is 5.65 Å². The van der Waals surface area contributed by atoms with Crippen molar-refractivity contribution in [3.8, 4) is 0 Å². The van der Waals surface area contributed by atoms with E-state index in [9.17, 15) is 13.6 Å². The number of anilines is 2. The molecule has 0 aliphatic carbocycles. The van der Waals surface area contributed by atoms with Gasteiger partial charge in [-0.1, -0.05) is 0 Å². The summed E-state index contributed by atoms with van der Waals surface area (Å²) in [6, 6.07) is 1.88. The second-order valence-corrected chi connectivity index (χ2v) is 8.13. The summed E-state index contributed by atoms with van der Waals surface area (Å²) in [5.74, 6) is 1.64. The molecule has 5 rings (SSSR count). The zero-order valence-corrected chi connectivity index (χ0v) is 16.8. The van der Waals surface area contributed by atoms with Gasteiger partial charge in [-0.15, -0.1) is 0 Å². The third-order valence-electron chi connectivity index (χ3n) is 6.05. The van der Waals surface area contributed by atoms with Crippen molar-refractivity contribution in [1.82, 2.24) is 24.8 Å². The predicted octanol–water partition coefficient (Wildman–Crippen LogP) is 2.90. The summed E-state index contributed by atoms with van der Waals surface area (Å²) in [4.78, 5) is 19.6. The van der Waals surface area contributed by atoms with Crippen LogP contribution in [-0.2, 0) is 4.74 Å². The zero-order valence-electron chi connectivity index (χ0n) is 16.8. The molecule has 3 aromatic heterocycles. The molecule has 1 amide bonds. The molecule has 0 atom stereocenters. The molecule has 0 radical (unpaired) electrons. The maximum atomic E-state index is 13.0. The number of piperidine rings is 1. The number of hydrogen-bond acceptors (Lipinski definition) is 6. The summed E-state index contributed by atoms with van der Waals surface area (Å²) < 4.78 is 32.8. The van der Waals surface area contributed by atoms with E-state index in [2.05, 4.69) is 30.5 Å². The number of H-pyrrole nitrogens is 1. The molecule has 2 N–H and O–H groups in total. The van der Waals surface area contributed by atoms with Gasteiger partial charge in [0.1, 0.15) is 17.1 Å². The van der Waals surface area contributed by atoms with Gasteiger partial charge in [-0.05, 0) is 31.2 Å². The van der Waals surface area contributed by atoms with Crippen molar-refractivity contribution in [2.75, 3.05) is 36.5 Å². The first-order chi connectivity index (χ1) is 15.1. The lowest BCUT2D eigenvalue weighted by molar-refractivity contribution is -0.0438. The molecule has 0 bridgehead atoms. The topological polar surface area (TPSA) is 100 Å². The van der Waals surface area contributed by atoms with Gasteiger partial charge in [0.2, 0.25) is 0 Å². The quantitative estimate of drug-likeness (QED) is 0.623. The van der Waals surface area contributed by atoms with Gasteiger partial charge >= 0.3 is 0 Å². The van der Waals surface area contributed by atoms with Gasteiger partial charge in [-0.25, -0.2) is 18.3 Å². The Morgan fingerprint density at radius 1 is 1.26 bits per heavy atom. The van der Waals surface area contributed by atoms with Gasteiger partial charge in [0.25, 0.3) is 12.3 Å². The Kier molecular flexibility index (Phi) is 5.26. The Morgan fingerprint density at radius 2 is 2.06 bits per heavy atom. The first-order valence-electron chi connectivity index (χ1n) is 10.4. The Bertz CT molecular complexity index is 1070. The van der Waals surface area contributed by atoms with Crippen LogP contribution < -0.4 is 10.2 Å². The SMILES string of the molecule is O=C(Nc1cn[nH]c1C(F)F)c1cnn2ccc(N3CCC(CC4COC4)CC3)nc12. The lowest BCUT2D eigenvalue weighted by Crippen LogP contribution is -2.37. The van der Waals surface area contributed by atoms with E-state index in [0.717, 1.165) is 51.2 Å². The van der Waals surface area contributed by atoms with E-state index in [4.69, 9.17) is 4.74 Å². The van der Waals surface area contributed by atoms with Crippen LogP contribution in [0.15, 0.2) is 24.7 Å². The molecule has 3 aromatic rings. The van der Waals surface area contributed by atoms with E-state index >= 15 is 0 Å². The highest BCUT2D eigenvalue weighted by molar-refractivity contribution is 6.08. The van der Waals surface area contributed by atoms with Crippen molar-refractivity contribution in [3.63, 3.8) is 0 Å². The fourth-order valence-electron chi connectivity index (χ4n) is 4.24. The Balaban J connectivity index is 1.30. The van der Waals surface area contributed by atoms with E-state index in [0.29, 0.717) is 17.5 Å². The number of nitrogens with one attached hydrogen (secondary N) is 2. The molecule has 11 heteroatoms. The molecule has 0 unspecified atom stereocenters. The Labute approximate surface area is 176 Å². The fraction of sp³-hybridized carbons (Fsp3) is 0.500. The molecule has 2 aliphatic heterocycles. The van der Waals surface area contributed by atoms with Crippen molar-refractivity contribution in [3.05, 3.63) is 35.9 Å². The van der Waals surface area contributed by atoms with Crippen molar-refractivity contribution < 1.29 is 18.3 Å². The van der Waals surface area contributed by atoms with Crippen molar-refractivity contribution in [2.24, 2.45) is 11.8 Å².